The number of nitrogens with zero attached hydrogens (tertiary/aromatic N) is 1. The molecule has 27 heavy (non-hydrogen) atoms. The third-order valence-electron chi connectivity index (χ3n) is 4.21. The second kappa shape index (κ2) is 7.96. The van der Waals surface area contributed by atoms with Gasteiger partial charge < -0.3 is 14.1 Å². The van der Waals surface area contributed by atoms with Crippen LogP contribution in [0.5, 0.6) is 0 Å². The van der Waals surface area contributed by atoms with Crippen molar-refractivity contribution in [1.29, 1.82) is 0 Å². The molecule has 1 aromatic heterocycles. The van der Waals surface area contributed by atoms with Crippen molar-refractivity contribution in [3.05, 3.63) is 59.8 Å². The highest BCUT2D eigenvalue weighted by atomic mass is 32.2. The van der Waals surface area contributed by atoms with Gasteiger partial charge in [-0.2, -0.15) is 0 Å². The molecule has 6 nitrogen and oxygen atoms in total. The summed E-state index contributed by atoms with van der Waals surface area (Å²) in [6.07, 6.45) is 0.452. The summed E-state index contributed by atoms with van der Waals surface area (Å²) >= 11 is 1.39. The smallest absolute Gasteiger partial charge is 0.330 e. The Labute approximate surface area is 159 Å². The maximum Gasteiger partial charge on any atom is 0.330 e. The van der Waals surface area contributed by atoms with Gasteiger partial charge in [-0.15, -0.1) is 11.8 Å². The van der Waals surface area contributed by atoms with Crippen molar-refractivity contribution < 1.29 is 27.9 Å². The number of hydrogen-bond acceptors (Lipinski definition) is 6. The molecule has 0 radical (unpaired) electrons. The normalized spacial score (nSPS) is 20.3. The van der Waals surface area contributed by atoms with Crippen LogP contribution in [-0.2, 0) is 14.3 Å². The van der Waals surface area contributed by atoms with Gasteiger partial charge in [-0.1, -0.05) is 0 Å². The molecule has 1 fully saturated rings. The highest BCUT2D eigenvalue weighted by Gasteiger charge is 2.43. The molecule has 2 aromatic rings. The number of halogens is 1. The van der Waals surface area contributed by atoms with Crippen molar-refractivity contribution in [2.75, 3.05) is 5.75 Å². The van der Waals surface area contributed by atoms with Crippen molar-refractivity contribution in [2.45, 2.75) is 31.4 Å². The largest absolute Gasteiger partial charge is 0.466 e. The number of carbonyl (C=O) groups is 3. The van der Waals surface area contributed by atoms with Crippen molar-refractivity contribution in [1.82, 2.24) is 4.90 Å². The van der Waals surface area contributed by atoms with Crippen LogP contribution in [0.15, 0.2) is 47.1 Å². The molecule has 8 heteroatoms. The molecule has 0 saturated carbocycles. The molecule has 0 N–H and O–H groups in total. The zero-order chi connectivity index (χ0) is 19.6. The lowest BCUT2D eigenvalue weighted by Gasteiger charge is -2.26. The van der Waals surface area contributed by atoms with Crippen LogP contribution in [0.4, 0.5) is 4.39 Å². The number of hydrogen-bond donors (Lipinski definition) is 0. The molecule has 3 rings (SSSR count). The van der Waals surface area contributed by atoms with Crippen LogP contribution in [0.25, 0.3) is 0 Å². The van der Waals surface area contributed by atoms with E-state index in [1.54, 1.807) is 12.1 Å². The molecule has 1 amide bonds. The molecule has 0 unspecified atom stereocenters. The number of esters is 1. The number of rotatable bonds is 5. The molecule has 2 heterocycles. The number of benzene rings is 1. The summed E-state index contributed by atoms with van der Waals surface area (Å²) in [6, 6.07) is 7.64. The van der Waals surface area contributed by atoms with Crippen LogP contribution in [-0.4, -0.2) is 40.5 Å². The molecule has 1 aliphatic rings. The third-order valence-corrected chi connectivity index (χ3v) is 5.50. The number of amides is 1. The quantitative estimate of drug-likeness (QED) is 0.575. The molecule has 0 aliphatic carbocycles. The molecular formula is C19H18FNO5S. The average molecular weight is 391 g/mol. The van der Waals surface area contributed by atoms with Crippen molar-refractivity contribution >= 4 is 29.4 Å². The number of furan rings is 1. The van der Waals surface area contributed by atoms with Gasteiger partial charge in [-0.05, 0) is 43.3 Å². The van der Waals surface area contributed by atoms with E-state index in [0.29, 0.717) is 11.5 Å². The van der Waals surface area contributed by atoms with Crippen LogP contribution in [0.2, 0.25) is 0 Å². The highest BCUT2D eigenvalue weighted by molar-refractivity contribution is 7.99. The van der Waals surface area contributed by atoms with Crippen LogP contribution >= 0.6 is 11.8 Å². The van der Waals surface area contributed by atoms with Gasteiger partial charge in [0.25, 0.3) is 0 Å². The van der Waals surface area contributed by atoms with E-state index in [1.807, 2.05) is 0 Å². The van der Waals surface area contributed by atoms with Crippen LogP contribution in [0, 0.1) is 5.82 Å². The summed E-state index contributed by atoms with van der Waals surface area (Å²) in [5, 5.41) is -0.418. The predicted molar refractivity (Wildman–Crippen MR) is 96.5 cm³/mol. The first-order valence-corrected chi connectivity index (χ1v) is 9.37. The number of carbonyl (C=O) groups excluding carboxylic acids is 3. The number of ketones is 1. The van der Waals surface area contributed by atoms with E-state index in [4.69, 9.17) is 9.15 Å². The first-order chi connectivity index (χ1) is 12.9. The maximum absolute atomic E-state index is 13.0. The Bertz CT molecular complexity index is 836. The van der Waals surface area contributed by atoms with E-state index < -0.39 is 35.1 Å². The summed E-state index contributed by atoms with van der Waals surface area (Å²) in [6.45, 7) is 2.82. The summed E-state index contributed by atoms with van der Waals surface area (Å²) in [5.74, 6) is -0.941. The lowest BCUT2D eigenvalue weighted by atomic mass is 10.1. The SMILES string of the molecule is CC(=O)N1[C@@H](c2ccco2)SC[C@H]1C(=O)O[C@@H](C)C(=O)c1ccc(F)cc1. The fourth-order valence-electron chi connectivity index (χ4n) is 2.88. The Balaban J connectivity index is 1.70. The minimum Gasteiger partial charge on any atom is -0.466 e. The second-order valence-corrected chi connectivity index (χ2v) is 7.21. The first-order valence-electron chi connectivity index (χ1n) is 8.32. The molecule has 3 atom stereocenters. The van der Waals surface area contributed by atoms with Crippen LogP contribution in [0.3, 0.4) is 0 Å². The number of Topliss-reactive ketones (excluding diaryl/α,β-unsaturated/α-hetero) is 1. The van der Waals surface area contributed by atoms with Gasteiger partial charge in [0.2, 0.25) is 11.7 Å². The fourth-order valence-corrected chi connectivity index (χ4v) is 4.29. The van der Waals surface area contributed by atoms with Gasteiger partial charge >= 0.3 is 5.97 Å². The van der Waals surface area contributed by atoms with Gasteiger partial charge in [0.15, 0.2) is 6.10 Å². The van der Waals surface area contributed by atoms with Gasteiger partial charge in [0.1, 0.15) is 23.0 Å². The molecular weight excluding hydrogens is 373 g/mol. The lowest BCUT2D eigenvalue weighted by molar-refractivity contribution is -0.155. The van der Waals surface area contributed by atoms with Crippen LogP contribution < -0.4 is 0 Å². The second-order valence-electron chi connectivity index (χ2n) is 6.09. The summed E-state index contributed by atoms with van der Waals surface area (Å²) in [7, 11) is 0. The Hall–Kier alpha value is -2.61. The Morgan fingerprint density at radius 2 is 1.96 bits per heavy atom. The highest BCUT2D eigenvalue weighted by Crippen LogP contribution is 2.41. The van der Waals surface area contributed by atoms with Crippen molar-refractivity contribution in [3.8, 4) is 0 Å². The lowest BCUT2D eigenvalue weighted by Crippen LogP contribution is -2.44. The minimum absolute atomic E-state index is 0.245. The molecule has 142 valence electrons. The molecule has 1 aromatic carbocycles. The topological polar surface area (TPSA) is 76.8 Å². The van der Waals surface area contributed by atoms with E-state index in [0.717, 1.165) is 0 Å². The molecule has 0 bridgehead atoms. The average Bonchev–Trinajstić information content (AvgIpc) is 3.30. The molecule has 0 spiro atoms. The van der Waals surface area contributed by atoms with E-state index in [-0.39, 0.29) is 11.5 Å². The van der Waals surface area contributed by atoms with Crippen molar-refractivity contribution in [2.24, 2.45) is 0 Å². The Kier molecular flexibility index (Phi) is 5.65. The van der Waals surface area contributed by atoms with E-state index in [2.05, 4.69) is 0 Å². The first kappa shape index (κ1) is 19.2. The predicted octanol–water partition coefficient (Wildman–Crippen LogP) is 3.20. The van der Waals surface area contributed by atoms with E-state index in [1.165, 1.54) is 61.0 Å². The monoisotopic (exact) mass is 391 g/mol. The minimum atomic E-state index is -1.05. The standard InChI is InChI=1S/C19H18FNO5S/c1-11(17(23)13-5-7-14(20)8-6-13)26-19(24)15-10-27-18(21(15)12(2)22)16-4-3-9-25-16/h3-9,11,15,18H,10H2,1-2H3/t11-,15-,18+/m0/s1. The summed E-state index contributed by atoms with van der Waals surface area (Å²) < 4.78 is 23.7. The summed E-state index contributed by atoms with van der Waals surface area (Å²) in [4.78, 5) is 38.5. The summed E-state index contributed by atoms with van der Waals surface area (Å²) in [5.41, 5.74) is 0.245. The van der Waals surface area contributed by atoms with Gasteiger partial charge in [-0.25, -0.2) is 9.18 Å². The van der Waals surface area contributed by atoms with Crippen LogP contribution in [0.1, 0.15) is 35.3 Å². The number of ether oxygens (including phenoxy) is 1. The number of thioether (sulfide) groups is 1. The molecule has 1 aliphatic heterocycles. The maximum atomic E-state index is 13.0. The zero-order valence-corrected chi connectivity index (χ0v) is 15.6. The van der Waals surface area contributed by atoms with Gasteiger partial charge in [0.05, 0.1) is 6.26 Å². The third kappa shape index (κ3) is 4.05. The van der Waals surface area contributed by atoms with Gasteiger partial charge in [0, 0.05) is 18.2 Å². The zero-order valence-electron chi connectivity index (χ0n) is 14.8. The molecule has 1 saturated heterocycles. The Morgan fingerprint density at radius 3 is 2.56 bits per heavy atom. The Morgan fingerprint density at radius 1 is 1.26 bits per heavy atom. The fraction of sp³-hybridized carbons (Fsp3) is 0.316. The van der Waals surface area contributed by atoms with E-state index in [9.17, 15) is 18.8 Å². The van der Waals surface area contributed by atoms with Gasteiger partial charge in [-0.3, -0.25) is 9.59 Å². The van der Waals surface area contributed by atoms with Crippen molar-refractivity contribution in [3.63, 3.8) is 0 Å². The van der Waals surface area contributed by atoms with E-state index >= 15 is 0 Å².